The molecule has 0 bridgehead atoms. The van der Waals surface area contributed by atoms with Crippen LogP contribution < -0.4 is 15.4 Å². The van der Waals surface area contributed by atoms with E-state index in [1.165, 1.54) is 38.3 Å². The number of ether oxygens (including phenoxy) is 1. The monoisotopic (exact) mass is 421 g/mol. The van der Waals surface area contributed by atoms with Gasteiger partial charge in [0.1, 0.15) is 11.5 Å². The molecule has 1 aliphatic carbocycles. The van der Waals surface area contributed by atoms with Crippen molar-refractivity contribution in [1.29, 1.82) is 5.41 Å². The first-order chi connectivity index (χ1) is 14.7. The normalized spacial score (nSPS) is 15.2. The number of thiazole rings is 1. The van der Waals surface area contributed by atoms with Crippen LogP contribution in [-0.2, 0) is 0 Å². The predicted molar refractivity (Wildman–Crippen MR) is 125 cm³/mol. The highest BCUT2D eigenvalue weighted by atomic mass is 32.1. The standard InChI is InChI=1S/C23H27N5OS/c1-2-25-15-16(14-24)21-12-19(10-11-26-21)29-18-8-9-20-22(13-18)30-23(28-20)27-17-6-4-3-5-7-17/h8-15,17,24-25H,2-7H2,1H3,(H,27,28)/b16-15+,24-14?. The molecule has 1 saturated carbocycles. The van der Waals surface area contributed by atoms with Crippen LogP contribution in [0.2, 0.25) is 0 Å². The lowest BCUT2D eigenvalue weighted by molar-refractivity contribution is 0.462. The van der Waals surface area contributed by atoms with Gasteiger partial charge in [0.25, 0.3) is 0 Å². The topological polar surface area (TPSA) is 82.9 Å². The zero-order valence-corrected chi connectivity index (χ0v) is 18.0. The number of aromatic nitrogens is 2. The van der Waals surface area contributed by atoms with Gasteiger partial charge in [-0.3, -0.25) is 4.98 Å². The molecule has 2 aromatic heterocycles. The predicted octanol–water partition coefficient (Wildman–Crippen LogP) is 5.83. The number of rotatable bonds is 8. The third-order valence-electron chi connectivity index (χ3n) is 5.17. The maximum Gasteiger partial charge on any atom is 0.184 e. The molecule has 0 aliphatic heterocycles. The van der Waals surface area contributed by atoms with Crippen LogP contribution in [-0.4, -0.2) is 28.8 Å². The first kappa shape index (κ1) is 20.3. The van der Waals surface area contributed by atoms with E-state index in [1.54, 1.807) is 23.7 Å². The second kappa shape index (κ2) is 9.71. The Labute approximate surface area is 180 Å². The van der Waals surface area contributed by atoms with Crippen LogP contribution in [0.1, 0.15) is 44.7 Å². The number of fused-ring (bicyclic) bond motifs is 1. The highest BCUT2D eigenvalue weighted by Crippen LogP contribution is 2.33. The minimum atomic E-state index is 0.545. The van der Waals surface area contributed by atoms with E-state index in [4.69, 9.17) is 15.1 Å². The van der Waals surface area contributed by atoms with Crippen molar-refractivity contribution < 1.29 is 4.74 Å². The molecule has 6 nitrogen and oxygen atoms in total. The smallest absolute Gasteiger partial charge is 0.184 e. The molecule has 0 unspecified atom stereocenters. The zero-order valence-electron chi connectivity index (χ0n) is 17.1. The van der Waals surface area contributed by atoms with Crippen molar-refractivity contribution >= 4 is 38.5 Å². The van der Waals surface area contributed by atoms with E-state index in [0.29, 0.717) is 23.1 Å². The Hall–Kier alpha value is -2.93. The third-order valence-corrected chi connectivity index (χ3v) is 6.12. The van der Waals surface area contributed by atoms with E-state index in [0.717, 1.165) is 27.6 Å². The Balaban J connectivity index is 1.50. The van der Waals surface area contributed by atoms with Crippen LogP contribution >= 0.6 is 11.3 Å². The molecule has 2 heterocycles. The van der Waals surface area contributed by atoms with Gasteiger partial charge in [-0.25, -0.2) is 4.98 Å². The minimum absolute atomic E-state index is 0.545. The summed E-state index contributed by atoms with van der Waals surface area (Å²) in [5.74, 6) is 1.45. The van der Waals surface area contributed by atoms with Gasteiger partial charge < -0.3 is 20.8 Å². The summed E-state index contributed by atoms with van der Waals surface area (Å²) in [6.07, 6.45) is 11.2. The van der Waals surface area contributed by atoms with Crippen LogP contribution in [0.4, 0.5) is 5.13 Å². The lowest BCUT2D eigenvalue weighted by Crippen LogP contribution is -2.21. The second-order valence-corrected chi connectivity index (χ2v) is 8.44. The van der Waals surface area contributed by atoms with Crippen molar-refractivity contribution in [2.24, 2.45) is 0 Å². The number of allylic oxidation sites excluding steroid dienone is 1. The second-order valence-electron chi connectivity index (χ2n) is 7.41. The number of pyridine rings is 1. The van der Waals surface area contributed by atoms with E-state index in [2.05, 4.69) is 15.6 Å². The number of hydrogen-bond donors (Lipinski definition) is 3. The van der Waals surface area contributed by atoms with E-state index in [9.17, 15) is 0 Å². The van der Waals surface area contributed by atoms with Crippen molar-refractivity contribution in [2.75, 3.05) is 11.9 Å². The molecule has 0 atom stereocenters. The molecule has 7 heteroatoms. The maximum atomic E-state index is 7.63. The fraction of sp³-hybridized carbons (Fsp3) is 0.348. The molecule has 156 valence electrons. The highest BCUT2D eigenvalue weighted by Gasteiger charge is 2.15. The Morgan fingerprint density at radius 1 is 1.20 bits per heavy atom. The Kier molecular flexibility index (Phi) is 6.59. The Morgan fingerprint density at radius 3 is 2.83 bits per heavy atom. The van der Waals surface area contributed by atoms with Crippen LogP contribution in [0, 0.1) is 5.41 Å². The Bertz CT molecular complexity index is 1040. The summed E-state index contributed by atoms with van der Waals surface area (Å²) < 4.78 is 7.19. The summed E-state index contributed by atoms with van der Waals surface area (Å²) in [4.78, 5) is 9.09. The maximum absolute atomic E-state index is 7.63. The number of nitrogens with zero attached hydrogens (tertiary/aromatic N) is 2. The third kappa shape index (κ3) is 4.97. The van der Waals surface area contributed by atoms with Gasteiger partial charge in [0.05, 0.1) is 15.9 Å². The van der Waals surface area contributed by atoms with Gasteiger partial charge in [-0.1, -0.05) is 30.6 Å². The molecular formula is C23H27N5OS. The molecule has 30 heavy (non-hydrogen) atoms. The fourth-order valence-electron chi connectivity index (χ4n) is 3.62. The van der Waals surface area contributed by atoms with E-state index in [1.807, 2.05) is 37.3 Å². The van der Waals surface area contributed by atoms with Crippen LogP contribution in [0.25, 0.3) is 15.8 Å². The van der Waals surface area contributed by atoms with Crippen LogP contribution in [0.5, 0.6) is 11.5 Å². The van der Waals surface area contributed by atoms with Crippen molar-refractivity contribution in [2.45, 2.75) is 45.1 Å². The minimum Gasteiger partial charge on any atom is -0.457 e. The molecule has 1 aromatic carbocycles. The molecule has 0 saturated heterocycles. The summed E-state index contributed by atoms with van der Waals surface area (Å²) in [6.45, 7) is 2.80. The molecule has 4 rings (SSSR count). The zero-order chi connectivity index (χ0) is 20.8. The first-order valence-corrected chi connectivity index (χ1v) is 11.3. The number of benzene rings is 1. The number of nitrogens with one attached hydrogen (secondary N) is 3. The van der Waals surface area contributed by atoms with Gasteiger partial charge in [-0.2, -0.15) is 0 Å². The summed E-state index contributed by atoms with van der Waals surface area (Å²) in [6, 6.07) is 10.2. The van der Waals surface area contributed by atoms with E-state index < -0.39 is 0 Å². The van der Waals surface area contributed by atoms with Gasteiger partial charge >= 0.3 is 0 Å². The fourth-order valence-corrected chi connectivity index (χ4v) is 4.59. The van der Waals surface area contributed by atoms with Gasteiger partial charge in [0, 0.05) is 48.9 Å². The van der Waals surface area contributed by atoms with Crippen LogP contribution in [0.15, 0.2) is 42.7 Å². The lowest BCUT2D eigenvalue weighted by Gasteiger charge is -2.22. The SMILES string of the molecule is CCN/C=C(\C=N)c1cc(Oc2ccc3nc(NC4CCCCC4)sc3c2)ccn1. The molecule has 0 radical (unpaired) electrons. The summed E-state index contributed by atoms with van der Waals surface area (Å²) in [5, 5.41) is 15.3. The van der Waals surface area contributed by atoms with Gasteiger partial charge in [0.2, 0.25) is 0 Å². The molecule has 1 aliphatic rings. The molecule has 1 fully saturated rings. The van der Waals surface area contributed by atoms with Gasteiger partial charge in [0.15, 0.2) is 5.13 Å². The first-order valence-electron chi connectivity index (χ1n) is 10.5. The molecule has 3 aromatic rings. The number of hydrogen-bond acceptors (Lipinski definition) is 7. The average Bonchev–Trinajstić information content (AvgIpc) is 3.17. The molecule has 3 N–H and O–H groups in total. The molecular weight excluding hydrogens is 394 g/mol. The largest absolute Gasteiger partial charge is 0.457 e. The van der Waals surface area contributed by atoms with Crippen molar-refractivity contribution in [3.8, 4) is 11.5 Å². The summed E-state index contributed by atoms with van der Waals surface area (Å²) in [5.41, 5.74) is 2.39. The van der Waals surface area contributed by atoms with Crippen LogP contribution in [0.3, 0.4) is 0 Å². The molecule has 0 spiro atoms. The quantitative estimate of drug-likeness (QED) is 0.399. The van der Waals surface area contributed by atoms with Crippen molar-refractivity contribution in [3.63, 3.8) is 0 Å². The average molecular weight is 422 g/mol. The van der Waals surface area contributed by atoms with Gasteiger partial charge in [-0.05, 0) is 38.0 Å². The Morgan fingerprint density at radius 2 is 2.03 bits per heavy atom. The van der Waals surface area contributed by atoms with E-state index >= 15 is 0 Å². The van der Waals surface area contributed by atoms with Gasteiger partial charge in [-0.15, -0.1) is 0 Å². The highest BCUT2D eigenvalue weighted by molar-refractivity contribution is 7.22. The lowest BCUT2D eigenvalue weighted by atomic mass is 9.96. The number of anilines is 1. The molecule has 0 amide bonds. The van der Waals surface area contributed by atoms with Crippen molar-refractivity contribution in [3.05, 3.63) is 48.4 Å². The summed E-state index contributed by atoms with van der Waals surface area (Å²) >= 11 is 1.67. The van der Waals surface area contributed by atoms with E-state index in [-0.39, 0.29) is 0 Å². The summed E-state index contributed by atoms with van der Waals surface area (Å²) in [7, 11) is 0. The van der Waals surface area contributed by atoms with Crippen molar-refractivity contribution in [1.82, 2.24) is 15.3 Å².